The van der Waals surface area contributed by atoms with Crippen LogP contribution >= 0.6 is 34.8 Å². The number of anilines is 1. The van der Waals surface area contributed by atoms with Crippen molar-refractivity contribution in [3.05, 3.63) is 26.7 Å². The van der Waals surface area contributed by atoms with Crippen LogP contribution in [0.25, 0.3) is 0 Å². The highest BCUT2D eigenvalue weighted by atomic mass is 35.5. The maximum atomic E-state index is 11.2. The fourth-order valence-corrected chi connectivity index (χ4v) is 2.76. The van der Waals surface area contributed by atoms with Gasteiger partial charge in [-0.1, -0.05) is 54.6 Å². The maximum Gasteiger partial charge on any atom is 0.306 e. The van der Waals surface area contributed by atoms with Crippen LogP contribution in [0.1, 0.15) is 31.7 Å². The van der Waals surface area contributed by atoms with Crippen molar-refractivity contribution in [2.45, 2.75) is 32.6 Å². The van der Waals surface area contributed by atoms with Gasteiger partial charge in [-0.15, -0.1) is 0 Å². The molecule has 0 fully saturated rings. The van der Waals surface area contributed by atoms with E-state index in [9.17, 15) is 9.90 Å². The minimum atomic E-state index is -0.853. The van der Waals surface area contributed by atoms with E-state index in [2.05, 4.69) is 0 Å². The Morgan fingerprint density at radius 2 is 2.00 bits per heavy atom. The molecule has 1 atom stereocenters. The summed E-state index contributed by atoms with van der Waals surface area (Å²) < 4.78 is 0. The lowest BCUT2D eigenvalue weighted by molar-refractivity contribution is -0.141. The molecule has 1 rings (SSSR count). The molecule has 0 spiro atoms. The fourth-order valence-electron chi connectivity index (χ4n) is 1.85. The van der Waals surface area contributed by atoms with Crippen molar-refractivity contribution in [1.29, 1.82) is 0 Å². The molecule has 0 aromatic heterocycles. The molecular formula is C13H16Cl3NO2. The third-order valence-electron chi connectivity index (χ3n) is 3.01. The molecule has 3 N–H and O–H groups in total. The number of carboxylic acids is 1. The van der Waals surface area contributed by atoms with Crippen LogP contribution in [0.2, 0.25) is 15.1 Å². The zero-order valence-corrected chi connectivity index (χ0v) is 12.8. The van der Waals surface area contributed by atoms with Gasteiger partial charge in [-0.05, 0) is 24.5 Å². The van der Waals surface area contributed by atoms with E-state index in [1.807, 2.05) is 6.92 Å². The molecular weight excluding hydrogens is 309 g/mol. The number of rotatable bonds is 6. The first-order chi connectivity index (χ1) is 8.88. The lowest BCUT2D eigenvalue weighted by Crippen LogP contribution is -2.17. The summed E-state index contributed by atoms with van der Waals surface area (Å²) in [5.74, 6) is -1.37. The predicted octanol–water partition coefficient (Wildman–Crippen LogP) is 4.66. The van der Waals surface area contributed by atoms with Crippen molar-refractivity contribution in [2.75, 3.05) is 5.73 Å². The molecule has 0 bridgehead atoms. The van der Waals surface area contributed by atoms with Crippen molar-refractivity contribution in [3.8, 4) is 0 Å². The summed E-state index contributed by atoms with van der Waals surface area (Å²) >= 11 is 18.0. The third kappa shape index (κ3) is 4.16. The number of hydrogen-bond donors (Lipinski definition) is 2. The van der Waals surface area contributed by atoms with Gasteiger partial charge in [0.2, 0.25) is 0 Å². The Labute approximate surface area is 127 Å². The first-order valence-corrected chi connectivity index (χ1v) is 7.16. The van der Waals surface area contributed by atoms with E-state index in [1.165, 1.54) is 6.07 Å². The number of nitrogen functional groups attached to an aromatic ring is 1. The van der Waals surface area contributed by atoms with Gasteiger partial charge in [0, 0.05) is 5.02 Å². The first kappa shape index (κ1) is 16.4. The molecule has 0 saturated heterocycles. The fraction of sp³-hybridized carbons (Fsp3) is 0.462. The number of aliphatic carboxylic acids is 1. The molecule has 6 heteroatoms. The van der Waals surface area contributed by atoms with Crippen molar-refractivity contribution in [3.63, 3.8) is 0 Å². The second-order valence-electron chi connectivity index (χ2n) is 4.43. The normalized spacial score (nSPS) is 12.4. The van der Waals surface area contributed by atoms with Gasteiger partial charge < -0.3 is 10.8 Å². The zero-order chi connectivity index (χ0) is 14.6. The van der Waals surface area contributed by atoms with Gasteiger partial charge in [0.15, 0.2) is 0 Å². The standard InChI is InChI=1S/C13H16Cl3NO2/c1-2-3-4-7(13(18)19)5-8-9(14)6-10(15)12(17)11(8)16/h6-7H,2-5,17H2,1H3,(H,18,19). The number of carbonyl (C=O) groups is 1. The number of carboxylic acid groups (broad SMARTS) is 1. The highest BCUT2D eigenvalue weighted by molar-refractivity contribution is 6.42. The number of hydrogen-bond acceptors (Lipinski definition) is 2. The Balaban J connectivity index is 3.03. The summed E-state index contributed by atoms with van der Waals surface area (Å²) in [6.45, 7) is 2.01. The van der Waals surface area contributed by atoms with E-state index in [1.54, 1.807) is 0 Å². The molecule has 1 aromatic carbocycles. The van der Waals surface area contributed by atoms with Crippen LogP contribution in [0.3, 0.4) is 0 Å². The molecule has 0 aliphatic rings. The summed E-state index contributed by atoms with van der Waals surface area (Å²) in [5.41, 5.74) is 6.52. The molecule has 0 heterocycles. The van der Waals surface area contributed by atoms with Crippen molar-refractivity contribution >= 4 is 46.5 Å². The van der Waals surface area contributed by atoms with Gasteiger partial charge in [0.1, 0.15) is 0 Å². The van der Waals surface area contributed by atoms with E-state index in [0.717, 1.165) is 12.8 Å². The highest BCUT2D eigenvalue weighted by Gasteiger charge is 2.22. The predicted molar refractivity (Wildman–Crippen MR) is 80.2 cm³/mol. The van der Waals surface area contributed by atoms with Gasteiger partial charge in [-0.25, -0.2) is 0 Å². The van der Waals surface area contributed by atoms with Crippen LogP contribution in [0.4, 0.5) is 5.69 Å². The Kier molecular flexibility index (Phi) is 6.24. The molecule has 0 amide bonds. The third-order valence-corrected chi connectivity index (χ3v) is 4.09. The SMILES string of the molecule is CCCCC(Cc1c(Cl)cc(Cl)c(N)c1Cl)C(=O)O. The van der Waals surface area contributed by atoms with E-state index >= 15 is 0 Å². The van der Waals surface area contributed by atoms with Gasteiger partial charge in [0.05, 0.1) is 21.7 Å². The van der Waals surface area contributed by atoms with Gasteiger partial charge in [0.25, 0.3) is 0 Å². The van der Waals surface area contributed by atoms with Crippen molar-refractivity contribution in [2.24, 2.45) is 5.92 Å². The van der Waals surface area contributed by atoms with Crippen LogP contribution < -0.4 is 5.73 Å². The molecule has 1 aromatic rings. The lowest BCUT2D eigenvalue weighted by Gasteiger charge is -2.16. The lowest BCUT2D eigenvalue weighted by atomic mass is 9.94. The number of nitrogens with two attached hydrogens (primary N) is 1. The summed E-state index contributed by atoms with van der Waals surface area (Å²) in [7, 11) is 0. The summed E-state index contributed by atoms with van der Waals surface area (Å²) in [4.78, 5) is 11.2. The smallest absolute Gasteiger partial charge is 0.306 e. The molecule has 106 valence electrons. The summed E-state index contributed by atoms with van der Waals surface area (Å²) in [5, 5.41) is 10.1. The number of halogens is 3. The van der Waals surface area contributed by atoms with E-state index in [0.29, 0.717) is 17.0 Å². The van der Waals surface area contributed by atoms with E-state index in [4.69, 9.17) is 40.5 Å². The molecule has 3 nitrogen and oxygen atoms in total. The van der Waals surface area contributed by atoms with Crippen molar-refractivity contribution < 1.29 is 9.90 Å². The molecule has 0 aliphatic heterocycles. The first-order valence-electron chi connectivity index (χ1n) is 6.03. The molecule has 19 heavy (non-hydrogen) atoms. The number of benzene rings is 1. The topological polar surface area (TPSA) is 63.3 Å². The highest BCUT2D eigenvalue weighted by Crippen LogP contribution is 2.37. The summed E-state index contributed by atoms with van der Waals surface area (Å²) in [6, 6.07) is 1.50. The molecule has 0 saturated carbocycles. The second kappa shape index (κ2) is 7.22. The molecule has 0 aliphatic carbocycles. The van der Waals surface area contributed by atoms with E-state index < -0.39 is 11.9 Å². The number of unbranched alkanes of at least 4 members (excludes halogenated alkanes) is 1. The minimum Gasteiger partial charge on any atom is -0.481 e. The average Bonchev–Trinajstić information content (AvgIpc) is 2.35. The van der Waals surface area contributed by atoms with Crippen LogP contribution in [0.5, 0.6) is 0 Å². The van der Waals surface area contributed by atoms with Crippen LogP contribution in [0.15, 0.2) is 6.07 Å². The quantitative estimate of drug-likeness (QED) is 0.748. The van der Waals surface area contributed by atoms with Crippen molar-refractivity contribution in [1.82, 2.24) is 0 Å². The monoisotopic (exact) mass is 323 g/mol. The van der Waals surface area contributed by atoms with Gasteiger partial charge in [-0.3, -0.25) is 4.79 Å². The summed E-state index contributed by atoms with van der Waals surface area (Å²) in [6.07, 6.45) is 2.62. The Hall–Kier alpha value is -0.640. The van der Waals surface area contributed by atoms with Crippen LogP contribution in [0, 0.1) is 5.92 Å². The van der Waals surface area contributed by atoms with Gasteiger partial charge >= 0.3 is 5.97 Å². The molecule has 1 unspecified atom stereocenters. The molecule has 0 radical (unpaired) electrons. The Morgan fingerprint density at radius 3 is 2.53 bits per heavy atom. The Morgan fingerprint density at radius 1 is 1.37 bits per heavy atom. The second-order valence-corrected chi connectivity index (χ2v) is 5.62. The van der Waals surface area contributed by atoms with Crippen LogP contribution in [-0.4, -0.2) is 11.1 Å². The average molecular weight is 325 g/mol. The largest absolute Gasteiger partial charge is 0.481 e. The zero-order valence-electron chi connectivity index (χ0n) is 10.5. The maximum absolute atomic E-state index is 11.2. The van der Waals surface area contributed by atoms with E-state index in [-0.39, 0.29) is 22.2 Å². The van der Waals surface area contributed by atoms with Crippen LogP contribution in [-0.2, 0) is 11.2 Å². The minimum absolute atomic E-state index is 0.238. The van der Waals surface area contributed by atoms with Gasteiger partial charge in [-0.2, -0.15) is 0 Å². The Bertz CT molecular complexity index is 477.